The molecule has 1 nitrogen and oxygen atoms in total. The van der Waals surface area contributed by atoms with Crippen molar-refractivity contribution >= 4 is 0 Å². The monoisotopic (exact) mass is 247 g/mol. The number of piperidine rings is 1. The van der Waals surface area contributed by atoms with Crippen LogP contribution in [0.25, 0.3) is 0 Å². The third-order valence-corrected chi connectivity index (χ3v) is 3.66. The fourth-order valence-electron chi connectivity index (χ4n) is 2.51. The highest BCUT2D eigenvalue weighted by Gasteiger charge is 2.23. The summed E-state index contributed by atoms with van der Waals surface area (Å²) in [4.78, 5) is 2.47. The lowest BCUT2D eigenvalue weighted by Crippen LogP contribution is -2.37. The average Bonchev–Trinajstić information content (AvgIpc) is 2.36. The quantitative estimate of drug-likeness (QED) is 0.756. The van der Waals surface area contributed by atoms with Crippen molar-refractivity contribution < 1.29 is 0 Å². The van der Waals surface area contributed by atoms with Crippen molar-refractivity contribution in [2.45, 2.75) is 40.0 Å². The molecule has 0 radical (unpaired) electrons. The Balaban J connectivity index is 0.000000492. The van der Waals surface area contributed by atoms with Crippen LogP contribution in [-0.4, -0.2) is 25.0 Å². The zero-order valence-corrected chi connectivity index (χ0v) is 12.5. The fraction of sp³-hybridized carbons (Fsp3) is 0.647. The zero-order chi connectivity index (χ0) is 13.4. The van der Waals surface area contributed by atoms with Crippen LogP contribution in [0.5, 0.6) is 0 Å². The molecule has 1 aromatic carbocycles. The second-order valence-electron chi connectivity index (χ2n) is 5.69. The summed E-state index contributed by atoms with van der Waals surface area (Å²) in [6, 6.07) is 10.9. The fourth-order valence-corrected chi connectivity index (χ4v) is 2.51. The van der Waals surface area contributed by atoms with E-state index in [1.807, 2.05) is 0 Å². The van der Waals surface area contributed by atoms with Gasteiger partial charge in [-0.1, -0.05) is 57.5 Å². The van der Waals surface area contributed by atoms with Gasteiger partial charge in [-0.3, -0.25) is 0 Å². The number of hydrogen-bond donors (Lipinski definition) is 0. The van der Waals surface area contributed by atoms with Crippen molar-refractivity contribution in [3.05, 3.63) is 35.9 Å². The first-order chi connectivity index (χ1) is 8.67. The Kier molecular flexibility index (Phi) is 7.04. The summed E-state index contributed by atoms with van der Waals surface area (Å²) in [6.45, 7) is 9.18. The van der Waals surface area contributed by atoms with Crippen LogP contribution in [0.2, 0.25) is 0 Å². The van der Waals surface area contributed by atoms with Crippen LogP contribution < -0.4 is 0 Å². The van der Waals surface area contributed by atoms with Crippen LogP contribution in [0.3, 0.4) is 0 Å². The highest BCUT2D eigenvalue weighted by molar-refractivity contribution is 5.15. The van der Waals surface area contributed by atoms with Gasteiger partial charge in [0, 0.05) is 6.54 Å². The molecule has 0 amide bonds. The van der Waals surface area contributed by atoms with E-state index in [-0.39, 0.29) is 0 Å². The number of rotatable bonds is 2. The molecule has 2 atom stereocenters. The predicted octanol–water partition coefficient (Wildman–Crippen LogP) is 4.23. The molecule has 0 unspecified atom stereocenters. The van der Waals surface area contributed by atoms with Crippen molar-refractivity contribution in [2.24, 2.45) is 11.8 Å². The van der Waals surface area contributed by atoms with Gasteiger partial charge in [-0.05, 0) is 43.8 Å². The Labute approximate surface area is 113 Å². The molecule has 0 bridgehead atoms. The molecule has 1 heterocycles. The molecule has 2 rings (SSSR count). The number of benzene rings is 1. The molecule has 1 aromatic rings. The van der Waals surface area contributed by atoms with Gasteiger partial charge in [0.05, 0.1) is 0 Å². The zero-order valence-electron chi connectivity index (χ0n) is 12.5. The maximum absolute atomic E-state index is 2.47. The molecule has 0 N–H and O–H groups in total. The lowest BCUT2D eigenvalue weighted by molar-refractivity contribution is 0.153. The van der Waals surface area contributed by atoms with E-state index >= 15 is 0 Å². The number of nitrogens with zero attached hydrogens (tertiary/aromatic N) is 1. The van der Waals surface area contributed by atoms with E-state index in [9.17, 15) is 0 Å². The van der Waals surface area contributed by atoms with Crippen LogP contribution in [0.1, 0.15) is 39.2 Å². The molecule has 1 saturated heterocycles. The molecule has 1 heteroatoms. The van der Waals surface area contributed by atoms with Crippen LogP contribution in [0.15, 0.2) is 30.3 Å². The van der Waals surface area contributed by atoms with E-state index in [4.69, 9.17) is 0 Å². The normalized spacial score (nSPS) is 24.2. The molecule has 0 saturated carbocycles. The average molecular weight is 247 g/mol. The van der Waals surface area contributed by atoms with Gasteiger partial charge in [-0.2, -0.15) is 0 Å². The molecule has 0 spiro atoms. The molecule has 0 aromatic heterocycles. The third-order valence-electron chi connectivity index (χ3n) is 3.66. The van der Waals surface area contributed by atoms with Crippen LogP contribution in [0, 0.1) is 11.8 Å². The van der Waals surface area contributed by atoms with Crippen molar-refractivity contribution in [2.75, 3.05) is 20.1 Å². The summed E-state index contributed by atoms with van der Waals surface area (Å²) >= 11 is 0. The van der Waals surface area contributed by atoms with Gasteiger partial charge in [0.15, 0.2) is 0 Å². The summed E-state index contributed by atoms with van der Waals surface area (Å²) < 4.78 is 0. The Hall–Kier alpha value is -0.820. The number of hydrogen-bond acceptors (Lipinski definition) is 1. The first-order valence-electron chi connectivity index (χ1n) is 7.39. The summed E-state index contributed by atoms with van der Waals surface area (Å²) in [5.74, 6) is 1.72. The third kappa shape index (κ3) is 5.22. The SMILES string of the molecule is CCC.C[C@@H]1CCN(C)C[C@@H]1Cc1ccccc1. The van der Waals surface area contributed by atoms with E-state index < -0.39 is 0 Å². The van der Waals surface area contributed by atoms with E-state index in [2.05, 4.69) is 63.1 Å². The van der Waals surface area contributed by atoms with E-state index in [1.54, 1.807) is 0 Å². The van der Waals surface area contributed by atoms with Crippen molar-refractivity contribution in [1.29, 1.82) is 0 Å². The molecule has 18 heavy (non-hydrogen) atoms. The van der Waals surface area contributed by atoms with E-state index in [0.717, 1.165) is 11.8 Å². The molecule has 0 aliphatic carbocycles. The number of likely N-dealkylation sites (tertiary alicyclic amines) is 1. The Morgan fingerprint density at radius 2 is 1.78 bits per heavy atom. The molecule has 1 fully saturated rings. The predicted molar refractivity (Wildman–Crippen MR) is 80.9 cm³/mol. The minimum atomic E-state index is 0.839. The van der Waals surface area contributed by atoms with Crippen molar-refractivity contribution in [1.82, 2.24) is 4.90 Å². The highest BCUT2D eigenvalue weighted by Crippen LogP contribution is 2.25. The van der Waals surface area contributed by atoms with Gasteiger partial charge in [0.2, 0.25) is 0 Å². The largest absolute Gasteiger partial charge is 0.306 e. The van der Waals surface area contributed by atoms with Crippen LogP contribution in [-0.2, 0) is 6.42 Å². The maximum Gasteiger partial charge on any atom is 0.00123 e. The van der Waals surface area contributed by atoms with E-state index in [0.29, 0.717) is 0 Å². The van der Waals surface area contributed by atoms with Crippen molar-refractivity contribution in [3.8, 4) is 0 Å². The summed E-state index contributed by atoms with van der Waals surface area (Å²) in [5, 5.41) is 0. The maximum atomic E-state index is 2.47. The first kappa shape index (κ1) is 15.2. The minimum absolute atomic E-state index is 0.839. The van der Waals surface area contributed by atoms with E-state index in [1.165, 1.54) is 37.9 Å². The van der Waals surface area contributed by atoms with Gasteiger partial charge < -0.3 is 4.90 Å². The first-order valence-corrected chi connectivity index (χ1v) is 7.39. The van der Waals surface area contributed by atoms with Crippen molar-refractivity contribution in [3.63, 3.8) is 0 Å². The second-order valence-corrected chi connectivity index (χ2v) is 5.69. The Morgan fingerprint density at radius 1 is 1.17 bits per heavy atom. The smallest absolute Gasteiger partial charge is 0.00123 e. The summed E-state index contributed by atoms with van der Waals surface area (Å²) in [7, 11) is 2.24. The molecule has 1 aliphatic heterocycles. The summed E-state index contributed by atoms with van der Waals surface area (Å²) in [6.07, 6.45) is 3.85. The van der Waals surface area contributed by atoms with Gasteiger partial charge >= 0.3 is 0 Å². The minimum Gasteiger partial charge on any atom is -0.306 e. The molecule has 1 aliphatic rings. The van der Waals surface area contributed by atoms with Gasteiger partial charge in [0.1, 0.15) is 0 Å². The topological polar surface area (TPSA) is 3.24 Å². The molecule has 102 valence electrons. The van der Waals surface area contributed by atoms with Crippen LogP contribution >= 0.6 is 0 Å². The standard InChI is InChI=1S/C14H21N.C3H8/c1-12-8-9-15(2)11-14(12)10-13-6-4-3-5-7-13;1-3-2/h3-7,12,14H,8-11H2,1-2H3;3H2,1-2H3/t12-,14+;/m1./s1. The summed E-state index contributed by atoms with van der Waals surface area (Å²) in [5.41, 5.74) is 1.49. The van der Waals surface area contributed by atoms with Gasteiger partial charge in [-0.15, -0.1) is 0 Å². The van der Waals surface area contributed by atoms with Gasteiger partial charge in [-0.25, -0.2) is 0 Å². The highest BCUT2D eigenvalue weighted by atomic mass is 15.1. The Morgan fingerprint density at radius 3 is 2.39 bits per heavy atom. The Bertz CT molecular complexity index is 307. The molecular formula is C17H29N. The van der Waals surface area contributed by atoms with Gasteiger partial charge in [0.25, 0.3) is 0 Å². The van der Waals surface area contributed by atoms with Crippen LogP contribution in [0.4, 0.5) is 0 Å². The molecular weight excluding hydrogens is 218 g/mol. The second kappa shape index (κ2) is 8.31. The lowest BCUT2D eigenvalue weighted by Gasteiger charge is -2.35. The lowest BCUT2D eigenvalue weighted by atomic mass is 9.83.